The molecular formula is C40H52FN3O5. The number of pyridine rings is 1. The predicted octanol–water partition coefficient (Wildman–Crippen LogP) is 8.85. The first kappa shape index (κ1) is 36.3. The van der Waals surface area contributed by atoms with Gasteiger partial charge in [-0.3, -0.25) is 4.90 Å². The van der Waals surface area contributed by atoms with Crippen molar-refractivity contribution in [1.29, 1.82) is 0 Å². The molecule has 0 N–H and O–H groups in total. The van der Waals surface area contributed by atoms with Crippen LogP contribution in [0.25, 0.3) is 0 Å². The fourth-order valence-electron chi connectivity index (χ4n) is 6.55. The van der Waals surface area contributed by atoms with Crippen LogP contribution in [0.3, 0.4) is 0 Å². The van der Waals surface area contributed by atoms with Gasteiger partial charge in [-0.15, -0.1) is 0 Å². The van der Waals surface area contributed by atoms with E-state index in [0.717, 1.165) is 41.6 Å². The van der Waals surface area contributed by atoms with Crippen molar-refractivity contribution in [2.75, 3.05) is 24.6 Å². The minimum Gasteiger partial charge on any atom is -0.444 e. The number of carbonyl (C=O) groups excluding carboxylic acids is 2. The molecule has 0 radical (unpaired) electrons. The average Bonchev–Trinajstić information content (AvgIpc) is 3.67. The molecule has 2 heterocycles. The molecule has 2 aromatic carbocycles. The Morgan fingerprint density at radius 3 is 2.35 bits per heavy atom. The van der Waals surface area contributed by atoms with Crippen molar-refractivity contribution < 1.29 is 28.2 Å². The first-order chi connectivity index (χ1) is 23.1. The van der Waals surface area contributed by atoms with Gasteiger partial charge in [-0.2, -0.15) is 0 Å². The van der Waals surface area contributed by atoms with Crippen LogP contribution in [0.15, 0.2) is 66.7 Å². The molecule has 0 spiro atoms. The normalized spacial score (nSPS) is 20.6. The van der Waals surface area contributed by atoms with Crippen LogP contribution in [0.2, 0.25) is 0 Å². The SMILES string of the molecule is Cc1cc(C[C@@H]2CN(C(=O)OC(C)(C)C)C[C@@H]2OCCCC2CC2c2cccc(F)c2)nc(N(Cc2ccccc2)C(=O)OC(C)(C)C)c1. The quantitative estimate of drug-likeness (QED) is 0.189. The Labute approximate surface area is 290 Å². The largest absolute Gasteiger partial charge is 0.444 e. The summed E-state index contributed by atoms with van der Waals surface area (Å²) in [6.45, 7) is 15.0. The number of carbonyl (C=O) groups is 2. The molecule has 4 atom stereocenters. The Hall–Kier alpha value is -3.98. The minimum atomic E-state index is -0.669. The number of amides is 2. The molecule has 2 amide bonds. The third kappa shape index (κ3) is 10.8. The zero-order valence-corrected chi connectivity index (χ0v) is 30.1. The Kier molecular flexibility index (Phi) is 11.3. The highest BCUT2D eigenvalue weighted by Crippen LogP contribution is 2.50. The number of benzene rings is 2. The smallest absolute Gasteiger partial charge is 0.416 e. The van der Waals surface area contributed by atoms with Crippen LogP contribution in [-0.4, -0.2) is 59.1 Å². The lowest BCUT2D eigenvalue weighted by Gasteiger charge is -2.27. The highest BCUT2D eigenvalue weighted by atomic mass is 19.1. The Morgan fingerprint density at radius 2 is 1.65 bits per heavy atom. The maximum absolute atomic E-state index is 13.7. The van der Waals surface area contributed by atoms with Gasteiger partial charge in [0, 0.05) is 24.8 Å². The van der Waals surface area contributed by atoms with Gasteiger partial charge in [-0.25, -0.2) is 19.0 Å². The average molecular weight is 674 g/mol. The van der Waals surface area contributed by atoms with Crippen LogP contribution in [0, 0.1) is 24.6 Å². The summed E-state index contributed by atoms with van der Waals surface area (Å²) in [5.74, 6) is 1.28. The van der Waals surface area contributed by atoms with Crippen molar-refractivity contribution in [3.63, 3.8) is 0 Å². The molecule has 9 heteroatoms. The maximum atomic E-state index is 13.7. The van der Waals surface area contributed by atoms with Crippen LogP contribution in [0.5, 0.6) is 0 Å². The van der Waals surface area contributed by atoms with Crippen molar-refractivity contribution in [2.45, 2.75) is 104 Å². The molecule has 1 saturated heterocycles. The van der Waals surface area contributed by atoms with Gasteiger partial charge in [0.2, 0.25) is 0 Å². The molecular weight excluding hydrogens is 621 g/mol. The molecule has 1 aliphatic carbocycles. The van der Waals surface area contributed by atoms with E-state index in [1.54, 1.807) is 21.9 Å². The molecule has 0 bridgehead atoms. The summed E-state index contributed by atoms with van der Waals surface area (Å²) in [5.41, 5.74) is 2.55. The number of hydrogen-bond acceptors (Lipinski definition) is 6. The Morgan fingerprint density at radius 1 is 0.918 bits per heavy atom. The summed E-state index contributed by atoms with van der Waals surface area (Å²) in [6.07, 6.45) is 2.54. The van der Waals surface area contributed by atoms with E-state index in [-0.39, 0.29) is 23.9 Å². The minimum absolute atomic E-state index is 0.0141. The molecule has 5 rings (SSSR count). The first-order valence-corrected chi connectivity index (χ1v) is 17.5. The first-order valence-electron chi connectivity index (χ1n) is 17.5. The highest BCUT2D eigenvalue weighted by molar-refractivity contribution is 5.86. The van der Waals surface area contributed by atoms with Crippen molar-refractivity contribution in [2.24, 2.45) is 11.8 Å². The summed E-state index contributed by atoms with van der Waals surface area (Å²) < 4.78 is 31.7. The molecule has 2 unspecified atom stereocenters. The highest BCUT2D eigenvalue weighted by Gasteiger charge is 2.40. The van der Waals surface area contributed by atoms with Crippen LogP contribution < -0.4 is 4.90 Å². The molecule has 1 saturated carbocycles. The number of nitrogens with zero attached hydrogens (tertiary/aromatic N) is 3. The lowest BCUT2D eigenvalue weighted by Crippen LogP contribution is -2.37. The lowest BCUT2D eigenvalue weighted by molar-refractivity contribution is 0.0169. The van der Waals surface area contributed by atoms with E-state index >= 15 is 0 Å². The van der Waals surface area contributed by atoms with Crippen molar-refractivity contribution in [1.82, 2.24) is 9.88 Å². The fourth-order valence-corrected chi connectivity index (χ4v) is 6.55. The van der Waals surface area contributed by atoms with Gasteiger partial charge in [0.1, 0.15) is 22.8 Å². The van der Waals surface area contributed by atoms with E-state index in [1.807, 2.05) is 97.0 Å². The molecule has 1 aliphatic heterocycles. The summed E-state index contributed by atoms with van der Waals surface area (Å²) in [4.78, 5) is 34.9. The summed E-state index contributed by atoms with van der Waals surface area (Å²) >= 11 is 0. The predicted molar refractivity (Wildman–Crippen MR) is 189 cm³/mol. The van der Waals surface area contributed by atoms with Gasteiger partial charge in [-0.1, -0.05) is 42.5 Å². The van der Waals surface area contributed by atoms with Crippen molar-refractivity contribution in [3.05, 3.63) is 94.9 Å². The zero-order chi connectivity index (χ0) is 35.3. The number of halogens is 1. The van der Waals surface area contributed by atoms with Gasteiger partial charge in [0.25, 0.3) is 0 Å². The van der Waals surface area contributed by atoms with Gasteiger partial charge in [-0.05, 0) is 127 Å². The molecule has 8 nitrogen and oxygen atoms in total. The second-order valence-electron chi connectivity index (χ2n) is 15.6. The van der Waals surface area contributed by atoms with E-state index in [4.69, 9.17) is 19.2 Å². The third-order valence-electron chi connectivity index (χ3n) is 8.84. The number of aryl methyl sites for hydroxylation is 1. The Balaban J connectivity index is 1.29. The second kappa shape index (κ2) is 15.3. The number of ether oxygens (including phenoxy) is 3. The molecule has 2 aliphatic rings. The van der Waals surface area contributed by atoms with Crippen molar-refractivity contribution >= 4 is 18.0 Å². The molecule has 3 aromatic rings. The maximum Gasteiger partial charge on any atom is 0.416 e. The summed E-state index contributed by atoms with van der Waals surface area (Å²) in [6, 6.07) is 20.7. The number of likely N-dealkylation sites (tertiary alicyclic amines) is 1. The summed E-state index contributed by atoms with van der Waals surface area (Å²) in [7, 11) is 0. The zero-order valence-electron chi connectivity index (χ0n) is 30.1. The molecule has 1 aromatic heterocycles. The standard InChI is InChI=1S/C40H52FN3O5/c1-27-19-33(42-36(20-27)44(38(46)49-40(5,6)7)24-28-13-9-8-10-14-28)22-31-25-43(37(45)48-39(2,3)4)26-35(31)47-18-12-16-30-23-34(30)29-15-11-17-32(41)21-29/h8-11,13-15,17,19-21,30-31,34-35H,12,16,18,22-26H2,1-7H3/t30?,31-,34?,35+/m1/s1. The number of anilines is 1. The van der Waals surface area contributed by atoms with Crippen LogP contribution in [0.4, 0.5) is 19.8 Å². The van der Waals surface area contributed by atoms with Crippen LogP contribution in [-0.2, 0) is 27.2 Å². The van der Waals surface area contributed by atoms with Gasteiger partial charge >= 0.3 is 12.2 Å². The molecule has 2 fully saturated rings. The third-order valence-corrected chi connectivity index (χ3v) is 8.84. The number of hydrogen-bond donors (Lipinski definition) is 0. The van der Waals surface area contributed by atoms with Gasteiger partial charge < -0.3 is 19.1 Å². The van der Waals surface area contributed by atoms with Crippen LogP contribution in [0.1, 0.15) is 89.1 Å². The van der Waals surface area contributed by atoms with E-state index in [0.29, 0.717) is 50.3 Å². The Bertz CT molecular complexity index is 1580. The number of aromatic nitrogens is 1. The molecule has 264 valence electrons. The molecule has 49 heavy (non-hydrogen) atoms. The van der Waals surface area contributed by atoms with E-state index in [1.165, 1.54) is 6.07 Å². The van der Waals surface area contributed by atoms with Crippen LogP contribution >= 0.6 is 0 Å². The topological polar surface area (TPSA) is 81.2 Å². The van der Waals surface area contributed by atoms with Gasteiger partial charge in [0.15, 0.2) is 0 Å². The van der Waals surface area contributed by atoms with E-state index < -0.39 is 17.3 Å². The fraction of sp³-hybridized carbons (Fsp3) is 0.525. The van der Waals surface area contributed by atoms with Crippen molar-refractivity contribution in [3.8, 4) is 0 Å². The lowest BCUT2D eigenvalue weighted by atomic mass is 9.98. The second-order valence-corrected chi connectivity index (χ2v) is 15.6. The summed E-state index contributed by atoms with van der Waals surface area (Å²) in [5, 5.41) is 0. The van der Waals surface area contributed by atoms with E-state index in [9.17, 15) is 14.0 Å². The van der Waals surface area contributed by atoms with Gasteiger partial charge in [0.05, 0.1) is 19.2 Å². The van der Waals surface area contributed by atoms with E-state index in [2.05, 4.69) is 0 Å². The monoisotopic (exact) mass is 673 g/mol. The number of rotatable bonds is 11.